The van der Waals surface area contributed by atoms with Crippen LogP contribution in [0.5, 0.6) is 0 Å². The number of ketones is 1. The van der Waals surface area contributed by atoms with E-state index in [1.54, 1.807) is 29.2 Å². The summed E-state index contributed by atoms with van der Waals surface area (Å²) in [4.78, 5) is 37.4. The molecule has 3 rings (SSSR count). The second-order valence-electron chi connectivity index (χ2n) is 6.17. The van der Waals surface area contributed by atoms with E-state index >= 15 is 0 Å². The molecule has 27 heavy (non-hydrogen) atoms. The molecule has 1 heterocycles. The number of benzene rings is 1. The molecule has 2 aromatic rings. The van der Waals surface area contributed by atoms with E-state index in [1.165, 1.54) is 30.0 Å². The summed E-state index contributed by atoms with van der Waals surface area (Å²) < 4.78 is 0.646. The molecule has 1 aliphatic carbocycles. The van der Waals surface area contributed by atoms with Gasteiger partial charge in [0.15, 0.2) is 10.1 Å². The summed E-state index contributed by atoms with van der Waals surface area (Å²) >= 11 is 2.60. The van der Waals surface area contributed by atoms with Crippen molar-refractivity contribution in [2.24, 2.45) is 0 Å². The van der Waals surface area contributed by atoms with Gasteiger partial charge in [0.25, 0.3) is 0 Å². The number of hydrogen-bond donors (Lipinski definition) is 1. The van der Waals surface area contributed by atoms with Crippen LogP contribution in [-0.2, 0) is 9.59 Å². The maximum Gasteiger partial charge on any atom is 0.234 e. The predicted molar refractivity (Wildman–Crippen MR) is 107 cm³/mol. The van der Waals surface area contributed by atoms with Crippen molar-refractivity contribution >= 4 is 51.5 Å². The standard InChI is InChI=1S/C18H20N4O3S2/c1-3-16(25)22(14-7-8-14)17-20-21-18(27-17)26-10-15(24)19-13-6-4-5-12(9-13)11(2)23/h4-6,9,14H,3,7-8,10H2,1-2H3,(H,19,24). The van der Waals surface area contributed by atoms with Crippen LogP contribution in [0.4, 0.5) is 10.8 Å². The maximum atomic E-state index is 12.2. The first-order valence-corrected chi connectivity index (χ1v) is 10.5. The number of thioether (sulfide) groups is 1. The van der Waals surface area contributed by atoms with E-state index in [9.17, 15) is 14.4 Å². The minimum atomic E-state index is -0.193. The monoisotopic (exact) mass is 404 g/mol. The number of aromatic nitrogens is 2. The molecule has 1 N–H and O–H groups in total. The number of carbonyl (C=O) groups excluding carboxylic acids is 3. The fourth-order valence-electron chi connectivity index (χ4n) is 2.47. The van der Waals surface area contributed by atoms with Crippen LogP contribution in [0, 0.1) is 0 Å². The second kappa shape index (κ2) is 8.62. The number of amides is 2. The van der Waals surface area contributed by atoms with Crippen LogP contribution in [0.25, 0.3) is 0 Å². The van der Waals surface area contributed by atoms with Gasteiger partial charge in [-0.1, -0.05) is 42.2 Å². The largest absolute Gasteiger partial charge is 0.325 e. The highest BCUT2D eigenvalue weighted by Gasteiger charge is 2.35. The van der Waals surface area contributed by atoms with Crippen molar-refractivity contribution in [2.45, 2.75) is 43.5 Å². The van der Waals surface area contributed by atoms with E-state index < -0.39 is 0 Å². The third-order valence-electron chi connectivity index (χ3n) is 3.96. The molecule has 0 saturated heterocycles. The molecule has 1 aromatic heterocycles. The summed E-state index contributed by atoms with van der Waals surface area (Å²) in [5, 5.41) is 11.6. The zero-order valence-electron chi connectivity index (χ0n) is 15.1. The van der Waals surface area contributed by atoms with E-state index in [0.717, 1.165) is 12.8 Å². The topological polar surface area (TPSA) is 92.3 Å². The molecular formula is C18H20N4O3S2. The summed E-state index contributed by atoms with van der Waals surface area (Å²) in [6, 6.07) is 7.06. The Morgan fingerprint density at radius 2 is 2.07 bits per heavy atom. The van der Waals surface area contributed by atoms with Crippen molar-refractivity contribution in [3.63, 3.8) is 0 Å². The Kier molecular flexibility index (Phi) is 6.22. The number of hydrogen-bond acceptors (Lipinski definition) is 7. The van der Waals surface area contributed by atoms with Crippen molar-refractivity contribution in [1.82, 2.24) is 10.2 Å². The van der Waals surface area contributed by atoms with Crippen LogP contribution in [0.3, 0.4) is 0 Å². The van der Waals surface area contributed by atoms with Gasteiger partial charge in [-0.05, 0) is 31.9 Å². The van der Waals surface area contributed by atoms with E-state index in [0.29, 0.717) is 27.1 Å². The third kappa shape index (κ3) is 5.14. The molecule has 7 nitrogen and oxygen atoms in total. The number of rotatable bonds is 8. The number of anilines is 2. The van der Waals surface area contributed by atoms with Crippen LogP contribution in [-0.4, -0.2) is 39.6 Å². The average molecular weight is 405 g/mol. The lowest BCUT2D eigenvalue weighted by Gasteiger charge is -2.17. The Morgan fingerprint density at radius 3 is 2.74 bits per heavy atom. The fourth-order valence-corrected chi connectivity index (χ4v) is 4.20. The smallest absolute Gasteiger partial charge is 0.234 e. The fraction of sp³-hybridized carbons (Fsp3) is 0.389. The van der Waals surface area contributed by atoms with Crippen molar-refractivity contribution in [1.29, 1.82) is 0 Å². The van der Waals surface area contributed by atoms with Crippen molar-refractivity contribution in [2.75, 3.05) is 16.0 Å². The van der Waals surface area contributed by atoms with Gasteiger partial charge < -0.3 is 5.32 Å². The van der Waals surface area contributed by atoms with Gasteiger partial charge in [-0.2, -0.15) is 0 Å². The summed E-state index contributed by atoms with van der Waals surface area (Å²) in [7, 11) is 0. The van der Waals surface area contributed by atoms with Gasteiger partial charge in [-0.25, -0.2) is 0 Å². The first kappa shape index (κ1) is 19.5. The van der Waals surface area contributed by atoms with Gasteiger partial charge in [-0.3, -0.25) is 19.3 Å². The van der Waals surface area contributed by atoms with Crippen LogP contribution in [0.1, 0.15) is 43.5 Å². The lowest BCUT2D eigenvalue weighted by Crippen LogP contribution is -2.32. The van der Waals surface area contributed by atoms with E-state index in [1.807, 2.05) is 6.92 Å². The molecule has 0 spiro atoms. The number of nitrogens with one attached hydrogen (secondary N) is 1. The molecule has 0 bridgehead atoms. The molecule has 9 heteroatoms. The highest BCUT2D eigenvalue weighted by atomic mass is 32.2. The van der Waals surface area contributed by atoms with Crippen LogP contribution >= 0.6 is 23.1 Å². The van der Waals surface area contributed by atoms with Crippen molar-refractivity contribution in [3.8, 4) is 0 Å². The summed E-state index contributed by atoms with van der Waals surface area (Å²) in [5.74, 6) is -0.0254. The van der Waals surface area contributed by atoms with Gasteiger partial charge in [0.2, 0.25) is 16.9 Å². The minimum Gasteiger partial charge on any atom is -0.325 e. The third-order valence-corrected chi connectivity index (χ3v) is 6.02. The molecule has 1 fully saturated rings. The first-order chi connectivity index (χ1) is 13.0. The molecule has 2 amide bonds. The normalized spacial score (nSPS) is 13.3. The average Bonchev–Trinajstić information content (AvgIpc) is 3.37. The molecule has 1 aliphatic rings. The summed E-state index contributed by atoms with van der Waals surface area (Å²) in [6.07, 6.45) is 2.42. The van der Waals surface area contributed by atoms with Crippen LogP contribution in [0.2, 0.25) is 0 Å². The SMILES string of the molecule is CCC(=O)N(c1nnc(SCC(=O)Nc2cccc(C(C)=O)c2)s1)C1CC1. The van der Waals surface area contributed by atoms with E-state index in [2.05, 4.69) is 15.5 Å². The molecule has 142 valence electrons. The molecular weight excluding hydrogens is 384 g/mol. The Balaban J connectivity index is 1.56. The molecule has 0 radical (unpaired) electrons. The number of nitrogens with zero attached hydrogens (tertiary/aromatic N) is 3. The number of carbonyl (C=O) groups is 3. The predicted octanol–water partition coefficient (Wildman–Crippen LogP) is 3.38. The minimum absolute atomic E-state index is 0.0493. The van der Waals surface area contributed by atoms with E-state index in [4.69, 9.17) is 0 Å². The molecule has 0 atom stereocenters. The molecule has 0 aliphatic heterocycles. The van der Waals surface area contributed by atoms with Crippen LogP contribution in [0.15, 0.2) is 28.6 Å². The van der Waals surface area contributed by atoms with Crippen molar-refractivity contribution in [3.05, 3.63) is 29.8 Å². The quantitative estimate of drug-likeness (QED) is 0.412. The van der Waals surface area contributed by atoms with Gasteiger partial charge in [0.1, 0.15) is 0 Å². The second-order valence-corrected chi connectivity index (χ2v) is 8.35. The Labute approximate surface area is 165 Å². The van der Waals surface area contributed by atoms with Crippen LogP contribution < -0.4 is 10.2 Å². The highest BCUT2D eigenvalue weighted by molar-refractivity contribution is 8.01. The zero-order valence-corrected chi connectivity index (χ0v) is 16.7. The Hall–Kier alpha value is -2.26. The summed E-state index contributed by atoms with van der Waals surface area (Å²) in [5.41, 5.74) is 1.13. The van der Waals surface area contributed by atoms with Crippen molar-refractivity contribution < 1.29 is 14.4 Å². The van der Waals surface area contributed by atoms with Gasteiger partial charge >= 0.3 is 0 Å². The van der Waals surface area contributed by atoms with Gasteiger partial charge in [-0.15, -0.1) is 10.2 Å². The molecule has 1 saturated carbocycles. The molecule has 1 aromatic carbocycles. The molecule has 0 unspecified atom stereocenters. The Morgan fingerprint density at radius 1 is 1.30 bits per heavy atom. The zero-order chi connectivity index (χ0) is 19.4. The van der Waals surface area contributed by atoms with Gasteiger partial charge in [0, 0.05) is 23.7 Å². The Bertz CT molecular complexity index is 864. The van der Waals surface area contributed by atoms with Gasteiger partial charge in [0.05, 0.1) is 5.75 Å². The lowest BCUT2D eigenvalue weighted by atomic mass is 10.1. The van der Waals surface area contributed by atoms with E-state index in [-0.39, 0.29) is 29.4 Å². The maximum absolute atomic E-state index is 12.2. The number of Topliss-reactive ketones (excluding diaryl/α,β-unsaturated/α-hetero) is 1. The first-order valence-electron chi connectivity index (χ1n) is 8.67. The lowest BCUT2D eigenvalue weighted by molar-refractivity contribution is -0.118. The summed E-state index contributed by atoms with van der Waals surface area (Å²) in [6.45, 7) is 3.32. The highest BCUT2D eigenvalue weighted by Crippen LogP contribution is 2.36.